The Kier molecular flexibility index (Phi) is 5.64. The monoisotopic (exact) mass is 351 g/mol. The fourth-order valence-corrected chi connectivity index (χ4v) is 2.74. The van der Waals surface area contributed by atoms with E-state index in [0.717, 1.165) is 22.5 Å². The summed E-state index contributed by atoms with van der Waals surface area (Å²) in [7, 11) is 0. The normalized spacial score (nSPS) is 12.4. The van der Waals surface area contributed by atoms with Crippen LogP contribution in [-0.2, 0) is 13.0 Å². The lowest BCUT2D eigenvalue weighted by Gasteiger charge is -2.15. The van der Waals surface area contributed by atoms with Gasteiger partial charge in [0.25, 0.3) is 0 Å². The Morgan fingerprint density at radius 2 is 1.95 bits per heavy atom. The van der Waals surface area contributed by atoms with Gasteiger partial charge in [0.1, 0.15) is 0 Å². The quantitative estimate of drug-likeness (QED) is 0.786. The number of hydrogen-bond acceptors (Lipinski definition) is 1. The largest absolute Gasteiger partial charge is 0.310 e. The molecule has 106 valence electrons. The average molecular weight is 353 g/mol. The van der Waals surface area contributed by atoms with Gasteiger partial charge < -0.3 is 5.32 Å². The highest BCUT2D eigenvalue weighted by Gasteiger charge is 2.06. The molecule has 1 nitrogen and oxygen atoms in total. The summed E-state index contributed by atoms with van der Waals surface area (Å²) in [6, 6.07) is 14.9. The van der Waals surface area contributed by atoms with E-state index in [2.05, 4.69) is 59.4 Å². The van der Waals surface area contributed by atoms with Crippen molar-refractivity contribution in [3.05, 3.63) is 68.7 Å². The molecule has 1 unspecified atom stereocenters. The van der Waals surface area contributed by atoms with Gasteiger partial charge in [-0.2, -0.15) is 0 Å². The van der Waals surface area contributed by atoms with Crippen LogP contribution in [-0.4, -0.2) is 6.04 Å². The van der Waals surface area contributed by atoms with Gasteiger partial charge in [-0.05, 0) is 49.1 Å². The van der Waals surface area contributed by atoms with Gasteiger partial charge in [0, 0.05) is 22.1 Å². The summed E-state index contributed by atoms with van der Waals surface area (Å²) in [5.74, 6) is 0. The number of aryl methyl sites for hydroxylation is 1. The third kappa shape index (κ3) is 4.34. The second kappa shape index (κ2) is 7.26. The Morgan fingerprint density at radius 1 is 1.20 bits per heavy atom. The summed E-state index contributed by atoms with van der Waals surface area (Å²) in [6.45, 7) is 5.15. The molecule has 2 aromatic rings. The van der Waals surface area contributed by atoms with Gasteiger partial charge in [0.2, 0.25) is 0 Å². The molecule has 0 aliphatic heterocycles. The molecule has 0 spiro atoms. The van der Waals surface area contributed by atoms with Crippen LogP contribution >= 0.6 is 27.5 Å². The van der Waals surface area contributed by atoms with Crippen molar-refractivity contribution < 1.29 is 0 Å². The first-order valence-electron chi connectivity index (χ1n) is 6.78. The Hall–Kier alpha value is -0.830. The van der Waals surface area contributed by atoms with Crippen LogP contribution in [0.3, 0.4) is 0 Å². The highest BCUT2D eigenvalue weighted by Crippen LogP contribution is 2.18. The van der Waals surface area contributed by atoms with Crippen LogP contribution in [0.5, 0.6) is 0 Å². The molecule has 2 rings (SSSR count). The number of hydrogen-bond donors (Lipinski definition) is 1. The number of benzene rings is 2. The van der Waals surface area contributed by atoms with Gasteiger partial charge in [0.05, 0.1) is 0 Å². The summed E-state index contributed by atoms with van der Waals surface area (Å²) in [5.41, 5.74) is 3.74. The topological polar surface area (TPSA) is 12.0 Å². The minimum Gasteiger partial charge on any atom is -0.310 e. The maximum Gasteiger partial charge on any atom is 0.0438 e. The van der Waals surface area contributed by atoms with E-state index in [-0.39, 0.29) is 0 Å². The lowest BCUT2D eigenvalue weighted by molar-refractivity contribution is 0.545. The van der Waals surface area contributed by atoms with E-state index in [9.17, 15) is 0 Å². The van der Waals surface area contributed by atoms with E-state index >= 15 is 0 Å². The van der Waals surface area contributed by atoms with E-state index in [1.807, 2.05) is 18.2 Å². The molecule has 0 aliphatic rings. The molecule has 0 heterocycles. The van der Waals surface area contributed by atoms with E-state index < -0.39 is 0 Å². The van der Waals surface area contributed by atoms with Crippen LogP contribution in [0.25, 0.3) is 0 Å². The minimum absolute atomic E-state index is 0.384. The van der Waals surface area contributed by atoms with Gasteiger partial charge in [-0.15, -0.1) is 0 Å². The molecule has 0 fully saturated rings. The van der Waals surface area contributed by atoms with Crippen LogP contribution < -0.4 is 5.32 Å². The molecular formula is C17H19BrClN. The molecule has 0 amide bonds. The summed E-state index contributed by atoms with van der Waals surface area (Å²) < 4.78 is 1.16. The zero-order chi connectivity index (χ0) is 14.5. The van der Waals surface area contributed by atoms with Gasteiger partial charge in [-0.3, -0.25) is 0 Å². The third-order valence-electron chi connectivity index (χ3n) is 3.37. The molecule has 0 bridgehead atoms. The third-order valence-corrected chi connectivity index (χ3v) is 4.60. The molecule has 1 N–H and O–H groups in total. The van der Waals surface area contributed by atoms with Crippen molar-refractivity contribution in [3.63, 3.8) is 0 Å². The predicted molar refractivity (Wildman–Crippen MR) is 90.3 cm³/mol. The molecule has 0 aromatic heterocycles. The van der Waals surface area contributed by atoms with E-state index in [1.165, 1.54) is 16.7 Å². The van der Waals surface area contributed by atoms with Crippen molar-refractivity contribution in [1.82, 2.24) is 5.32 Å². The van der Waals surface area contributed by atoms with Crippen LogP contribution in [0.2, 0.25) is 5.02 Å². The number of rotatable bonds is 5. The van der Waals surface area contributed by atoms with Gasteiger partial charge in [-0.1, -0.05) is 57.9 Å². The van der Waals surface area contributed by atoms with Crippen molar-refractivity contribution in [2.24, 2.45) is 0 Å². The van der Waals surface area contributed by atoms with Crippen LogP contribution in [0, 0.1) is 6.92 Å². The molecular weight excluding hydrogens is 334 g/mol. The average Bonchev–Trinajstić information content (AvgIpc) is 2.43. The van der Waals surface area contributed by atoms with E-state index in [0.29, 0.717) is 6.04 Å². The lowest BCUT2D eigenvalue weighted by atomic mass is 10.1. The fraction of sp³-hybridized carbons (Fsp3) is 0.294. The zero-order valence-corrected chi connectivity index (χ0v) is 14.1. The van der Waals surface area contributed by atoms with Crippen LogP contribution in [0.4, 0.5) is 0 Å². The molecule has 2 aromatic carbocycles. The maximum absolute atomic E-state index is 6.19. The summed E-state index contributed by atoms with van der Waals surface area (Å²) >= 11 is 9.76. The van der Waals surface area contributed by atoms with Crippen molar-refractivity contribution in [2.45, 2.75) is 32.9 Å². The first kappa shape index (κ1) is 15.6. The molecule has 3 heteroatoms. The smallest absolute Gasteiger partial charge is 0.0438 e. The standard InChI is InChI=1S/C17H19BrClN/c1-12-7-8-14(10-16(12)18)11-20-13(2)9-15-5-3-4-6-17(15)19/h3-8,10,13,20H,9,11H2,1-2H3. The molecule has 20 heavy (non-hydrogen) atoms. The Balaban J connectivity index is 1.90. The number of nitrogens with one attached hydrogen (secondary N) is 1. The first-order valence-corrected chi connectivity index (χ1v) is 7.95. The van der Waals surface area contributed by atoms with Crippen molar-refractivity contribution in [1.29, 1.82) is 0 Å². The highest BCUT2D eigenvalue weighted by atomic mass is 79.9. The Morgan fingerprint density at radius 3 is 2.65 bits per heavy atom. The maximum atomic E-state index is 6.19. The van der Waals surface area contributed by atoms with Crippen LogP contribution in [0.1, 0.15) is 23.6 Å². The second-order valence-corrected chi connectivity index (χ2v) is 6.42. The van der Waals surface area contributed by atoms with E-state index in [1.54, 1.807) is 0 Å². The summed E-state index contributed by atoms with van der Waals surface area (Å²) in [5, 5.41) is 4.39. The highest BCUT2D eigenvalue weighted by molar-refractivity contribution is 9.10. The van der Waals surface area contributed by atoms with Crippen LogP contribution in [0.15, 0.2) is 46.9 Å². The van der Waals surface area contributed by atoms with Gasteiger partial charge >= 0.3 is 0 Å². The lowest BCUT2D eigenvalue weighted by Crippen LogP contribution is -2.27. The molecule has 0 saturated carbocycles. The number of halogens is 2. The van der Waals surface area contributed by atoms with Gasteiger partial charge in [0.15, 0.2) is 0 Å². The van der Waals surface area contributed by atoms with Crippen molar-refractivity contribution >= 4 is 27.5 Å². The Labute approximate surface area is 134 Å². The van der Waals surface area contributed by atoms with Crippen molar-refractivity contribution in [2.75, 3.05) is 0 Å². The summed E-state index contributed by atoms with van der Waals surface area (Å²) in [6.07, 6.45) is 0.937. The fourth-order valence-electron chi connectivity index (χ4n) is 2.10. The molecule has 0 aliphatic carbocycles. The van der Waals surface area contributed by atoms with Gasteiger partial charge in [-0.25, -0.2) is 0 Å². The minimum atomic E-state index is 0.384. The molecule has 0 radical (unpaired) electrons. The summed E-state index contributed by atoms with van der Waals surface area (Å²) in [4.78, 5) is 0. The zero-order valence-electron chi connectivity index (χ0n) is 11.8. The van der Waals surface area contributed by atoms with E-state index in [4.69, 9.17) is 11.6 Å². The Bertz CT molecular complexity index is 583. The molecule has 1 atom stereocenters. The SMILES string of the molecule is Cc1ccc(CNC(C)Cc2ccccc2Cl)cc1Br. The second-order valence-electron chi connectivity index (χ2n) is 5.16. The molecule has 0 saturated heterocycles. The van der Waals surface area contributed by atoms with Crippen molar-refractivity contribution in [3.8, 4) is 0 Å². The first-order chi connectivity index (χ1) is 9.56. The predicted octanol–water partition coefficient (Wildman–Crippen LogP) is 5.13.